The molecule has 0 unspecified atom stereocenters. The van der Waals surface area contributed by atoms with Gasteiger partial charge in [-0.1, -0.05) is 0 Å². The van der Waals surface area contributed by atoms with Crippen molar-refractivity contribution in [3.05, 3.63) is 37.1 Å². The molecular formula is C9H11N3. The zero-order valence-corrected chi connectivity index (χ0v) is 7.01. The van der Waals surface area contributed by atoms with Crippen LogP contribution in [0.25, 0.3) is 5.82 Å². The summed E-state index contributed by atoms with van der Waals surface area (Å²) in [6.45, 7) is 3.11. The van der Waals surface area contributed by atoms with Crippen molar-refractivity contribution in [2.24, 2.45) is 0 Å². The van der Waals surface area contributed by atoms with Crippen LogP contribution in [0, 0.1) is 0 Å². The zero-order valence-electron chi connectivity index (χ0n) is 7.01. The number of imidazole rings is 1. The van der Waals surface area contributed by atoms with Crippen molar-refractivity contribution < 1.29 is 0 Å². The fourth-order valence-corrected chi connectivity index (χ4v) is 1.30. The van der Waals surface area contributed by atoms with E-state index in [4.69, 9.17) is 0 Å². The third-order valence-corrected chi connectivity index (χ3v) is 1.92. The first kappa shape index (κ1) is 7.16. The van der Waals surface area contributed by atoms with Gasteiger partial charge in [0.05, 0.1) is 0 Å². The lowest BCUT2D eigenvalue weighted by molar-refractivity contribution is 0.732. The quantitative estimate of drug-likeness (QED) is 0.657. The molecule has 12 heavy (non-hydrogen) atoms. The molecule has 0 spiro atoms. The van der Waals surface area contributed by atoms with Crippen LogP contribution in [-0.2, 0) is 6.54 Å². The first-order valence-electron chi connectivity index (χ1n) is 4.05. The van der Waals surface area contributed by atoms with Crippen molar-refractivity contribution in [3.8, 4) is 5.82 Å². The third kappa shape index (κ3) is 1.03. The zero-order chi connectivity index (χ0) is 8.39. The fraction of sp³-hybridized carbons (Fsp3) is 0.222. The molecule has 0 aliphatic rings. The van der Waals surface area contributed by atoms with Crippen LogP contribution in [0.3, 0.4) is 0 Å². The Morgan fingerprint density at radius 2 is 2.33 bits per heavy atom. The van der Waals surface area contributed by atoms with Crippen LogP contribution in [0.5, 0.6) is 0 Å². The predicted molar refractivity (Wildman–Crippen MR) is 47.2 cm³/mol. The number of nitrogens with zero attached hydrogens (tertiary/aromatic N) is 3. The molecule has 0 fully saturated rings. The SMILES string of the molecule is CCn1cccc1-n1ccnc1. The van der Waals surface area contributed by atoms with Gasteiger partial charge < -0.3 is 4.57 Å². The van der Waals surface area contributed by atoms with Gasteiger partial charge in [0.15, 0.2) is 0 Å². The first-order valence-corrected chi connectivity index (χ1v) is 4.05. The minimum absolute atomic E-state index is 0.987. The van der Waals surface area contributed by atoms with Crippen molar-refractivity contribution in [1.29, 1.82) is 0 Å². The molecule has 62 valence electrons. The molecule has 2 rings (SSSR count). The minimum atomic E-state index is 0.987. The summed E-state index contributed by atoms with van der Waals surface area (Å²) >= 11 is 0. The summed E-state index contributed by atoms with van der Waals surface area (Å²) in [7, 11) is 0. The summed E-state index contributed by atoms with van der Waals surface area (Å²) in [5, 5.41) is 0. The minimum Gasteiger partial charge on any atom is -0.334 e. The van der Waals surface area contributed by atoms with Gasteiger partial charge in [0, 0.05) is 25.1 Å². The van der Waals surface area contributed by atoms with Gasteiger partial charge >= 0.3 is 0 Å². The fourth-order valence-electron chi connectivity index (χ4n) is 1.30. The number of rotatable bonds is 2. The van der Waals surface area contributed by atoms with Gasteiger partial charge in [0.2, 0.25) is 0 Å². The molecule has 3 nitrogen and oxygen atoms in total. The van der Waals surface area contributed by atoms with E-state index in [9.17, 15) is 0 Å². The van der Waals surface area contributed by atoms with Gasteiger partial charge in [0.1, 0.15) is 12.1 Å². The maximum Gasteiger partial charge on any atom is 0.117 e. The number of aryl methyl sites for hydroxylation is 1. The van der Waals surface area contributed by atoms with Crippen molar-refractivity contribution >= 4 is 0 Å². The van der Waals surface area contributed by atoms with Gasteiger partial charge in [-0.3, -0.25) is 4.57 Å². The van der Waals surface area contributed by atoms with Gasteiger partial charge in [-0.05, 0) is 19.1 Å². The summed E-state index contributed by atoms with van der Waals surface area (Å²) in [5.74, 6) is 1.16. The van der Waals surface area contributed by atoms with E-state index in [1.54, 1.807) is 6.20 Å². The van der Waals surface area contributed by atoms with E-state index in [1.165, 1.54) is 0 Å². The monoisotopic (exact) mass is 161 g/mol. The van der Waals surface area contributed by atoms with Crippen LogP contribution in [-0.4, -0.2) is 14.1 Å². The lowest BCUT2D eigenvalue weighted by Gasteiger charge is -2.05. The molecule has 3 heteroatoms. The van der Waals surface area contributed by atoms with E-state index in [-0.39, 0.29) is 0 Å². The Bertz CT molecular complexity index is 345. The lowest BCUT2D eigenvalue weighted by atomic mass is 10.6. The Balaban J connectivity index is 2.46. The van der Waals surface area contributed by atoms with Gasteiger partial charge in [-0.15, -0.1) is 0 Å². The molecule has 0 N–H and O–H groups in total. The van der Waals surface area contributed by atoms with Crippen LogP contribution in [0.2, 0.25) is 0 Å². The van der Waals surface area contributed by atoms with Crippen molar-refractivity contribution in [2.75, 3.05) is 0 Å². The highest BCUT2D eigenvalue weighted by molar-refractivity contribution is 5.24. The van der Waals surface area contributed by atoms with Crippen LogP contribution >= 0.6 is 0 Å². The summed E-state index contributed by atoms with van der Waals surface area (Å²) in [5.41, 5.74) is 0. The van der Waals surface area contributed by atoms with Crippen LogP contribution in [0.4, 0.5) is 0 Å². The Hall–Kier alpha value is -1.51. The molecule has 0 saturated carbocycles. The first-order chi connectivity index (χ1) is 5.92. The second-order valence-corrected chi connectivity index (χ2v) is 2.62. The third-order valence-electron chi connectivity index (χ3n) is 1.92. The predicted octanol–water partition coefficient (Wildman–Crippen LogP) is 1.69. The molecule has 0 aliphatic heterocycles. The van der Waals surface area contributed by atoms with Gasteiger partial charge in [0.25, 0.3) is 0 Å². The van der Waals surface area contributed by atoms with Gasteiger partial charge in [-0.2, -0.15) is 0 Å². The van der Waals surface area contributed by atoms with Crippen molar-refractivity contribution in [2.45, 2.75) is 13.5 Å². The van der Waals surface area contributed by atoms with E-state index >= 15 is 0 Å². The molecule has 0 saturated heterocycles. The standard InChI is InChI=1S/C9H11N3/c1-2-11-6-3-4-9(11)12-7-5-10-8-12/h3-8H,2H2,1H3. The van der Waals surface area contributed by atoms with Crippen LogP contribution in [0.1, 0.15) is 6.92 Å². The summed E-state index contributed by atoms with van der Waals surface area (Å²) in [4.78, 5) is 4.00. The average Bonchev–Trinajstić information content (AvgIpc) is 2.74. The Kier molecular flexibility index (Phi) is 1.70. The van der Waals surface area contributed by atoms with Crippen molar-refractivity contribution in [3.63, 3.8) is 0 Å². The van der Waals surface area contributed by atoms with Crippen LogP contribution in [0.15, 0.2) is 37.1 Å². The molecular weight excluding hydrogens is 150 g/mol. The number of hydrogen-bond acceptors (Lipinski definition) is 1. The molecule has 0 radical (unpaired) electrons. The van der Waals surface area contributed by atoms with E-state index in [0.29, 0.717) is 0 Å². The Labute approximate surface area is 71.3 Å². The van der Waals surface area contributed by atoms with Crippen molar-refractivity contribution in [1.82, 2.24) is 14.1 Å². The molecule has 2 aromatic rings. The molecule has 0 aliphatic carbocycles. The molecule has 0 bridgehead atoms. The topological polar surface area (TPSA) is 22.8 Å². The molecule has 0 aromatic carbocycles. The smallest absolute Gasteiger partial charge is 0.117 e. The second kappa shape index (κ2) is 2.85. The summed E-state index contributed by atoms with van der Waals surface area (Å²) < 4.78 is 4.17. The number of hydrogen-bond donors (Lipinski definition) is 0. The second-order valence-electron chi connectivity index (χ2n) is 2.62. The van der Waals surface area contributed by atoms with E-state index in [0.717, 1.165) is 12.4 Å². The van der Waals surface area contributed by atoms with Crippen LogP contribution < -0.4 is 0 Å². The van der Waals surface area contributed by atoms with E-state index in [2.05, 4.69) is 28.7 Å². The Morgan fingerprint density at radius 3 is 3.00 bits per heavy atom. The molecule has 0 amide bonds. The average molecular weight is 161 g/mol. The normalized spacial score (nSPS) is 10.4. The van der Waals surface area contributed by atoms with Gasteiger partial charge in [-0.25, -0.2) is 4.98 Å². The molecule has 0 atom stereocenters. The number of aromatic nitrogens is 3. The highest BCUT2D eigenvalue weighted by Gasteiger charge is 1.98. The highest BCUT2D eigenvalue weighted by atomic mass is 15.2. The molecule has 2 aromatic heterocycles. The van der Waals surface area contributed by atoms with E-state index in [1.807, 2.05) is 23.2 Å². The summed E-state index contributed by atoms with van der Waals surface area (Å²) in [6, 6.07) is 4.12. The largest absolute Gasteiger partial charge is 0.334 e. The molecule has 2 heterocycles. The maximum absolute atomic E-state index is 4.00. The maximum atomic E-state index is 4.00. The highest BCUT2D eigenvalue weighted by Crippen LogP contribution is 2.07. The van der Waals surface area contributed by atoms with E-state index < -0.39 is 0 Å². The summed E-state index contributed by atoms with van der Waals surface area (Å²) in [6.07, 6.45) is 7.60. The Morgan fingerprint density at radius 1 is 1.42 bits per heavy atom. The lowest BCUT2D eigenvalue weighted by Crippen LogP contribution is -2.00.